The lowest BCUT2D eigenvalue weighted by Gasteiger charge is -2.42. The van der Waals surface area contributed by atoms with Gasteiger partial charge in [0.1, 0.15) is 11.9 Å². The zero-order valence-electron chi connectivity index (χ0n) is 23.2. The van der Waals surface area contributed by atoms with Crippen LogP contribution in [0.1, 0.15) is 63.4 Å². The number of hydrogen-bond donors (Lipinski definition) is 2. The second kappa shape index (κ2) is 11.8. The first-order valence-corrected chi connectivity index (χ1v) is 15.0. The molecule has 1 saturated heterocycles. The summed E-state index contributed by atoms with van der Waals surface area (Å²) in [7, 11) is -3.26. The van der Waals surface area contributed by atoms with E-state index in [1.54, 1.807) is 41.3 Å². The number of sulfone groups is 1. The Morgan fingerprint density at radius 1 is 1.03 bits per heavy atom. The molecule has 2 aromatic carbocycles. The highest BCUT2D eigenvalue weighted by Crippen LogP contribution is 2.28. The number of piperidine rings is 1. The maximum Gasteiger partial charge on any atom is 0.254 e. The minimum absolute atomic E-state index is 0.0427. The summed E-state index contributed by atoms with van der Waals surface area (Å²) in [6.07, 6.45) is 3.26. The molecule has 0 radical (unpaired) electrons. The Morgan fingerprint density at radius 3 is 2.16 bits per heavy atom. The van der Waals surface area contributed by atoms with Crippen LogP contribution >= 0.6 is 0 Å². The van der Waals surface area contributed by atoms with Crippen molar-refractivity contribution in [1.29, 1.82) is 0 Å². The molecule has 1 fully saturated rings. The molecule has 2 aromatic rings. The average Bonchev–Trinajstić information content (AvgIpc) is 2.82. The first kappa shape index (κ1) is 29.6. The molecule has 38 heavy (non-hydrogen) atoms. The minimum atomic E-state index is -3.26. The molecule has 1 atom stereocenters. The van der Waals surface area contributed by atoms with Crippen molar-refractivity contribution in [1.82, 2.24) is 10.2 Å². The largest absolute Gasteiger partial charge is 0.380 e. The fourth-order valence-corrected chi connectivity index (χ4v) is 5.38. The highest BCUT2D eigenvalue weighted by Gasteiger charge is 2.36. The molecule has 208 valence electrons. The first-order valence-electron chi connectivity index (χ1n) is 13.1. The Kier molecular flexibility index (Phi) is 9.23. The van der Waals surface area contributed by atoms with Gasteiger partial charge in [-0.05, 0) is 80.0 Å². The second-order valence-electron chi connectivity index (χ2n) is 11.4. The van der Waals surface area contributed by atoms with Crippen molar-refractivity contribution < 1.29 is 22.4 Å². The van der Waals surface area contributed by atoms with Crippen molar-refractivity contribution in [2.75, 3.05) is 24.7 Å². The number of benzene rings is 2. The molecule has 0 bridgehead atoms. The zero-order chi connectivity index (χ0) is 28.3. The van der Waals surface area contributed by atoms with E-state index < -0.39 is 27.6 Å². The van der Waals surface area contributed by atoms with Crippen LogP contribution in [0.2, 0.25) is 0 Å². The van der Waals surface area contributed by atoms with Crippen LogP contribution < -0.4 is 10.6 Å². The molecule has 1 heterocycles. The van der Waals surface area contributed by atoms with Gasteiger partial charge in [-0.2, -0.15) is 0 Å². The van der Waals surface area contributed by atoms with Crippen molar-refractivity contribution in [2.45, 2.75) is 70.4 Å². The number of nitrogens with zero attached hydrogens (tertiary/aromatic N) is 1. The number of likely N-dealkylation sites (tertiary alicyclic amines) is 1. The topological polar surface area (TPSA) is 95.6 Å². The summed E-state index contributed by atoms with van der Waals surface area (Å²) < 4.78 is 37.9. The van der Waals surface area contributed by atoms with Gasteiger partial charge in [0.25, 0.3) is 5.91 Å². The molecule has 0 aliphatic carbocycles. The normalized spacial score (nSPS) is 16.4. The second-order valence-corrected chi connectivity index (χ2v) is 13.4. The SMILES string of the molecule is CC(C)Cc1ccc(F)c(C(=O)NC(C(=O)N2CCC(C)(Nc3ccc(S(C)(=O)=O)cc3)CC2)C(C)C)c1. The lowest BCUT2D eigenvalue weighted by Crippen LogP contribution is -2.56. The van der Waals surface area contributed by atoms with E-state index in [0.717, 1.165) is 17.7 Å². The van der Waals surface area contributed by atoms with Gasteiger partial charge in [-0.15, -0.1) is 0 Å². The lowest BCUT2D eigenvalue weighted by atomic mass is 9.88. The smallest absolute Gasteiger partial charge is 0.254 e. The Balaban J connectivity index is 1.65. The summed E-state index contributed by atoms with van der Waals surface area (Å²) in [5, 5.41) is 6.28. The quantitative estimate of drug-likeness (QED) is 0.477. The maximum atomic E-state index is 14.5. The predicted molar refractivity (Wildman–Crippen MR) is 148 cm³/mol. The third kappa shape index (κ3) is 7.56. The number of rotatable bonds is 9. The summed E-state index contributed by atoms with van der Waals surface area (Å²) in [5.41, 5.74) is 1.38. The van der Waals surface area contributed by atoms with E-state index in [1.807, 2.05) is 13.8 Å². The molecule has 0 spiro atoms. The molecule has 3 rings (SSSR count). The molecule has 2 amide bonds. The lowest BCUT2D eigenvalue weighted by molar-refractivity contribution is -0.135. The van der Waals surface area contributed by atoms with Crippen molar-refractivity contribution in [3.8, 4) is 0 Å². The standard InChI is InChI=1S/C29H40FN3O4S/c1-19(2)17-21-7-12-25(30)24(18-21)27(34)31-26(20(3)4)28(35)33-15-13-29(5,14-16-33)32-22-8-10-23(11-9-22)38(6,36)37/h7-12,18-20,26,32H,13-17H2,1-6H3,(H,31,34). The van der Waals surface area contributed by atoms with Crippen molar-refractivity contribution in [3.63, 3.8) is 0 Å². The van der Waals surface area contributed by atoms with Crippen LogP contribution in [0.5, 0.6) is 0 Å². The van der Waals surface area contributed by atoms with Gasteiger partial charge in [0, 0.05) is 30.6 Å². The maximum absolute atomic E-state index is 14.5. The summed E-state index contributed by atoms with van der Waals surface area (Å²) in [6, 6.07) is 10.5. The van der Waals surface area contributed by atoms with Gasteiger partial charge >= 0.3 is 0 Å². The van der Waals surface area contributed by atoms with Crippen molar-refractivity contribution in [3.05, 3.63) is 59.4 Å². The van der Waals surface area contributed by atoms with Crippen LogP contribution in [0.4, 0.5) is 10.1 Å². The number of hydrogen-bond acceptors (Lipinski definition) is 5. The molecular weight excluding hydrogens is 505 g/mol. The minimum Gasteiger partial charge on any atom is -0.380 e. The van der Waals surface area contributed by atoms with Gasteiger partial charge < -0.3 is 15.5 Å². The fraction of sp³-hybridized carbons (Fsp3) is 0.517. The van der Waals surface area contributed by atoms with Crippen LogP contribution in [-0.4, -0.2) is 56.1 Å². The highest BCUT2D eigenvalue weighted by molar-refractivity contribution is 7.90. The number of carbonyl (C=O) groups excluding carboxylic acids is 2. The molecule has 9 heteroatoms. The van der Waals surface area contributed by atoms with Crippen LogP contribution in [0, 0.1) is 17.7 Å². The average molecular weight is 546 g/mol. The van der Waals surface area contributed by atoms with Gasteiger partial charge in [0.15, 0.2) is 9.84 Å². The van der Waals surface area contributed by atoms with E-state index in [9.17, 15) is 22.4 Å². The van der Waals surface area contributed by atoms with Gasteiger partial charge in [0.05, 0.1) is 10.5 Å². The van der Waals surface area contributed by atoms with E-state index >= 15 is 0 Å². The van der Waals surface area contributed by atoms with Gasteiger partial charge in [0.2, 0.25) is 5.91 Å². The predicted octanol–water partition coefficient (Wildman–Crippen LogP) is 4.68. The van der Waals surface area contributed by atoms with E-state index in [-0.39, 0.29) is 27.8 Å². The van der Waals surface area contributed by atoms with Gasteiger partial charge in [-0.25, -0.2) is 12.8 Å². The van der Waals surface area contributed by atoms with Crippen LogP contribution in [-0.2, 0) is 21.1 Å². The molecular formula is C29H40FN3O4S. The number of anilines is 1. The first-order chi connectivity index (χ1) is 17.7. The summed E-state index contributed by atoms with van der Waals surface area (Å²) in [6.45, 7) is 10.9. The van der Waals surface area contributed by atoms with Crippen LogP contribution in [0.15, 0.2) is 47.4 Å². The summed E-state index contributed by atoms with van der Waals surface area (Å²) in [5.74, 6) is -1.16. The van der Waals surface area contributed by atoms with Crippen molar-refractivity contribution in [2.24, 2.45) is 11.8 Å². The van der Waals surface area contributed by atoms with E-state index in [4.69, 9.17) is 0 Å². The van der Waals surface area contributed by atoms with Crippen molar-refractivity contribution >= 4 is 27.3 Å². The Labute approximate surface area is 226 Å². The van der Waals surface area contributed by atoms with Gasteiger partial charge in [-0.3, -0.25) is 9.59 Å². The fourth-order valence-electron chi connectivity index (χ4n) is 4.75. The zero-order valence-corrected chi connectivity index (χ0v) is 24.0. The molecule has 1 unspecified atom stereocenters. The highest BCUT2D eigenvalue weighted by atomic mass is 32.2. The third-order valence-corrected chi connectivity index (χ3v) is 8.17. The summed E-state index contributed by atoms with van der Waals surface area (Å²) in [4.78, 5) is 28.5. The molecule has 0 aromatic heterocycles. The van der Waals surface area contributed by atoms with Gasteiger partial charge in [-0.1, -0.05) is 33.8 Å². The molecule has 7 nitrogen and oxygen atoms in total. The third-order valence-electron chi connectivity index (χ3n) is 7.05. The number of amides is 2. The Hall–Kier alpha value is -2.94. The Bertz CT molecular complexity index is 1250. The molecule has 0 saturated carbocycles. The Morgan fingerprint density at radius 2 is 1.63 bits per heavy atom. The molecule has 1 aliphatic heterocycles. The van der Waals surface area contributed by atoms with E-state index in [0.29, 0.717) is 31.8 Å². The van der Waals surface area contributed by atoms with E-state index in [1.165, 1.54) is 12.3 Å². The number of nitrogens with one attached hydrogen (secondary N) is 2. The van der Waals surface area contributed by atoms with Crippen LogP contribution in [0.25, 0.3) is 0 Å². The monoisotopic (exact) mass is 545 g/mol. The molecule has 2 N–H and O–H groups in total. The number of halogens is 1. The van der Waals surface area contributed by atoms with E-state index in [2.05, 4.69) is 31.4 Å². The summed E-state index contributed by atoms with van der Waals surface area (Å²) >= 11 is 0. The van der Waals surface area contributed by atoms with Crippen LogP contribution in [0.3, 0.4) is 0 Å². The number of carbonyl (C=O) groups is 2. The molecule has 1 aliphatic rings.